The number of carbonyl (C=O) groups excluding carboxylic acids is 2. The first-order valence-electron chi connectivity index (χ1n) is 8.53. The largest absolute Gasteiger partial charge is 0.379 e. The molecule has 8 nitrogen and oxygen atoms in total. The maximum absolute atomic E-state index is 13.6. The molecule has 0 spiro atoms. The fraction of sp³-hybridized carbons (Fsp3) is 0.222. The molecule has 2 aromatic rings. The minimum Gasteiger partial charge on any atom is -0.379 e. The van der Waals surface area contributed by atoms with E-state index in [-0.39, 0.29) is 36.8 Å². The molecule has 154 valence electrons. The molecule has 1 heterocycles. The van der Waals surface area contributed by atoms with Crippen LogP contribution in [-0.2, 0) is 14.8 Å². The van der Waals surface area contributed by atoms with Gasteiger partial charge in [0, 0.05) is 18.7 Å². The lowest BCUT2D eigenvalue weighted by atomic mass is 10.2. The van der Waals surface area contributed by atoms with E-state index in [9.17, 15) is 26.8 Å². The molecule has 1 aliphatic heterocycles. The summed E-state index contributed by atoms with van der Waals surface area (Å²) in [5.41, 5.74) is 3.38. The number of nitrogens with zero attached hydrogens (tertiary/aromatic N) is 1. The molecular formula is C18H17F2N3O5S. The van der Waals surface area contributed by atoms with Crippen LogP contribution in [0.5, 0.6) is 0 Å². The average molecular weight is 425 g/mol. The molecule has 1 aliphatic rings. The SMILES string of the molecule is O=C(NNC(=O)c1cc(F)ccc1F)c1cccc(S(=O)(=O)N2CCOCC2)c1. The molecular weight excluding hydrogens is 408 g/mol. The summed E-state index contributed by atoms with van der Waals surface area (Å²) >= 11 is 0. The number of sulfonamides is 1. The molecule has 0 bridgehead atoms. The van der Waals surface area contributed by atoms with Gasteiger partial charge in [-0.3, -0.25) is 20.4 Å². The lowest BCUT2D eigenvalue weighted by Crippen LogP contribution is -2.42. The van der Waals surface area contributed by atoms with Crippen molar-refractivity contribution in [1.29, 1.82) is 0 Å². The van der Waals surface area contributed by atoms with E-state index < -0.39 is 39.0 Å². The number of rotatable bonds is 4. The van der Waals surface area contributed by atoms with Crippen molar-refractivity contribution in [1.82, 2.24) is 15.2 Å². The molecule has 0 atom stereocenters. The third-order valence-corrected chi connectivity index (χ3v) is 6.06. The van der Waals surface area contributed by atoms with Crippen LogP contribution in [0.25, 0.3) is 0 Å². The number of ether oxygens (including phenoxy) is 1. The van der Waals surface area contributed by atoms with Gasteiger partial charge in [-0.2, -0.15) is 4.31 Å². The fourth-order valence-corrected chi connectivity index (χ4v) is 4.11. The maximum Gasteiger partial charge on any atom is 0.272 e. The first-order valence-corrected chi connectivity index (χ1v) is 9.97. The Kier molecular flexibility index (Phi) is 6.20. The van der Waals surface area contributed by atoms with E-state index in [1.807, 2.05) is 10.9 Å². The minimum atomic E-state index is -3.81. The van der Waals surface area contributed by atoms with E-state index in [1.165, 1.54) is 22.5 Å². The number of amides is 2. The summed E-state index contributed by atoms with van der Waals surface area (Å²) in [5, 5.41) is 0. The Morgan fingerprint density at radius 1 is 0.966 bits per heavy atom. The highest BCUT2D eigenvalue weighted by Crippen LogP contribution is 2.18. The summed E-state index contributed by atoms with van der Waals surface area (Å²) in [4.78, 5) is 24.1. The molecule has 29 heavy (non-hydrogen) atoms. The average Bonchev–Trinajstić information content (AvgIpc) is 2.74. The van der Waals surface area contributed by atoms with Crippen LogP contribution in [0.1, 0.15) is 20.7 Å². The van der Waals surface area contributed by atoms with E-state index in [0.29, 0.717) is 6.07 Å². The summed E-state index contributed by atoms with van der Waals surface area (Å²) in [6.45, 7) is 0.964. The van der Waals surface area contributed by atoms with E-state index in [1.54, 1.807) is 0 Å². The summed E-state index contributed by atoms with van der Waals surface area (Å²) in [6.07, 6.45) is 0. The molecule has 1 saturated heterocycles. The Labute approximate surface area is 165 Å². The number of morpholine rings is 1. The smallest absolute Gasteiger partial charge is 0.272 e. The number of hydrogen-bond donors (Lipinski definition) is 2. The minimum absolute atomic E-state index is 0.0423. The van der Waals surface area contributed by atoms with E-state index in [4.69, 9.17) is 4.74 Å². The van der Waals surface area contributed by atoms with Gasteiger partial charge in [-0.25, -0.2) is 17.2 Å². The maximum atomic E-state index is 13.6. The molecule has 0 radical (unpaired) electrons. The van der Waals surface area contributed by atoms with Gasteiger partial charge in [0.25, 0.3) is 11.8 Å². The van der Waals surface area contributed by atoms with Crippen LogP contribution in [0.3, 0.4) is 0 Å². The Hall–Kier alpha value is -2.89. The Morgan fingerprint density at radius 3 is 2.38 bits per heavy atom. The second-order valence-electron chi connectivity index (χ2n) is 6.08. The van der Waals surface area contributed by atoms with Crippen LogP contribution in [-0.4, -0.2) is 50.8 Å². The van der Waals surface area contributed by atoms with E-state index in [0.717, 1.165) is 18.2 Å². The summed E-state index contributed by atoms with van der Waals surface area (Å²) in [5.74, 6) is -3.66. The predicted octanol–water partition coefficient (Wildman–Crippen LogP) is 1.06. The molecule has 2 amide bonds. The van der Waals surface area contributed by atoms with Crippen LogP contribution in [0.15, 0.2) is 47.4 Å². The highest BCUT2D eigenvalue weighted by molar-refractivity contribution is 7.89. The van der Waals surface area contributed by atoms with Gasteiger partial charge in [-0.05, 0) is 36.4 Å². The molecule has 3 rings (SSSR count). The number of carbonyl (C=O) groups is 2. The first kappa shape index (κ1) is 20.8. The second kappa shape index (κ2) is 8.64. The normalized spacial score (nSPS) is 15.0. The molecule has 0 unspecified atom stereocenters. The zero-order valence-electron chi connectivity index (χ0n) is 15.0. The van der Waals surface area contributed by atoms with Crippen molar-refractivity contribution in [3.05, 3.63) is 65.2 Å². The van der Waals surface area contributed by atoms with Crippen molar-refractivity contribution in [3.63, 3.8) is 0 Å². The molecule has 0 saturated carbocycles. The first-order chi connectivity index (χ1) is 13.8. The number of benzene rings is 2. The van der Waals surface area contributed by atoms with Crippen LogP contribution in [0.4, 0.5) is 8.78 Å². The van der Waals surface area contributed by atoms with Gasteiger partial charge in [0.15, 0.2) is 0 Å². The Bertz CT molecular complexity index is 1040. The molecule has 2 N–H and O–H groups in total. The highest BCUT2D eigenvalue weighted by Gasteiger charge is 2.27. The number of hydrazine groups is 1. The van der Waals surface area contributed by atoms with Gasteiger partial charge in [-0.1, -0.05) is 6.07 Å². The molecule has 2 aromatic carbocycles. The Morgan fingerprint density at radius 2 is 1.66 bits per heavy atom. The molecule has 1 fully saturated rings. The zero-order valence-corrected chi connectivity index (χ0v) is 15.8. The van der Waals surface area contributed by atoms with Crippen molar-refractivity contribution in [3.8, 4) is 0 Å². The van der Waals surface area contributed by atoms with E-state index >= 15 is 0 Å². The van der Waals surface area contributed by atoms with Gasteiger partial charge in [0.2, 0.25) is 10.0 Å². The monoisotopic (exact) mass is 425 g/mol. The highest BCUT2D eigenvalue weighted by atomic mass is 32.2. The van der Waals surface area contributed by atoms with Crippen LogP contribution >= 0.6 is 0 Å². The lowest BCUT2D eigenvalue weighted by molar-refractivity contribution is 0.0730. The third-order valence-electron chi connectivity index (χ3n) is 4.17. The topological polar surface area (TPSA) is 105 Å². The third kappa shape index (κ3) is 4.75. The van der Waals surface area contributed by atoms with Gasteiger partial charge >= 0.3 is 0 Å². The lowest BCUT2D eigenvalue weighted by Gasteiger charge is -2.26. The number of nitrogens with one attached hydrogen (secondary N) is 2. The second-order valence-corrected chi connectivity index (χ2v) is 8.01. The van der Waals surface area contributed by atoms with E-state index in [2.05, 4.69) is 0 Å². The van der Waals surface area contributed by atoms with Crippen LogP contribution in [0, 0.1) is 11.6 Å². The standard InChI is InChI=1S/C18H17F2N3O5S/c19-13-4-5-16(20)15(11-13)18(25)22-21-17(24)12-2-1-3-14(10-12)29(26,27)23-6-8-28-9-7-23/h1-5,10-11H,6-9H2,(H,21,24)(H,22,25). The molecule has 11 heteroatoms. The van der Waals surface area contributed by atoms with Crippen molar-refractivity contribution in [2.24, 2.45) is 0 Å². The quantitative estimate of drug-likeness (QED) is 0.713. The number of halogens is 2. The van der Waals surface area contributed by atoms with Crippen LogP contribution < -0.4 is 10.9 Å². The summed E-state index contributed by atoms with van der Waals surface area (Å²) in [6, 6.07) is 7.57. The van der Waals surface area contributed by atoms with Gasteiger partial charge in [0.05, 0.1) is 23.7 Å². The number of hydrogen-bond acceptors (Lipinski definition) is 5. The van der Waals surface area contributed by atoms with Gasteiger partial charge in [0.1, 0.15) is 11.6 Å². The van der Waals surface area contributed by atoms with Crippen molar-refractivity contribution >= 4 is 21.8 Å². The van der Waals surface area contributed by atoms with Gasteiger partial charge < -0.3 is 4.74 Å². The van der Waals surface area contributed by atoms with Crippen molar-refractivity contribution in [2.45, 2.75) is 4.90 Å². The fourth-order valence-electron chi connectivity index (χ4n) is 2.66. The summed E-state index contributed by atoms with van der Waals surface area (Å²) < 4.78 is 58.5. The zero-order chi connectivity index (χ0) is 21.0. The van der Waals surface area contributed by atoms with Crippen molar-refractivity contribution < 1.29 is 31.5 Å². The molecule has 0 aliphatic carbocycles. The van der Waals surface area contributed by atoms with Crippen LogP contribution in [0.2, 0.25) is 0 Å². The molecule has 0 aromatic heterocycles. The predicted molar refractivity (Wildman–Crippen MR) is 97.3 cm³/mol. The summed E-state index contributed by atoms with van der Waals surface area (Å²) in [7, 11) is -3.81. The van der Waals surface area contributed by atoms with Crippen molar-refractivity contribution in [2.75, 3.05) is 26.3 Å². The van der Waals surface area contributed by atoms with Gasteiger partial charge in [-0.15, -0.1) is 0 Å². The Balaban J connectivity index is 1.71.